The number of halogens is 2. The average Bonchev–Trinajstić information content (AvgIpc) is 2.71. The Kier molecular flexibility index (Phi) is 7.08. The maximum absolute atomic E-state index is 13.0. The third-order valence-corrected chi connectivity index (χ3v) is 4.48. The molecule has 0 saturated heterocycles. The van der Waals surface area contributed by atoms with Crippen LogP contribution in [0.2, 0.25) is 0 Å². The zero-order valence-corrected chi connectivity index (χ0v) is 16.5. The molecule has 1 aliphatic heterocycles. The first kappa shape index (κ1) is 22.1. The van der Waals surface area contributed by atoms with Crippen LogP contribution in [0.3, 0.4) is 0 Å². The van der Waals surface area contributed by atoms with Gasteiger partial charge >= 0.3 is 24.3 Å². The Morgan fingerprint density at radius 1 is 1.24 bits per heavy atom. The van der Waals surface area contributed by atoms with E-state index in [9.17, 15) is 18.4 Å². The first-order valence-corrected chi connectivity index (χ1v) is 8.76. The third kappa shape index (κ3) is 4.44. The number of carbonyl (C=O) groups excluding carboxylic acids is 2. The minimum atomic E-state index is -3.11. The van der Waals surface area contributed by atoms with Gasteiger partial charge < -0.3 is 14.2 Å². The molecule has 2 N–H and O–H groups in total. The monoisotopic (exact) mass is 408 g/mol. The van der Waals surface area contributed by atoms with Gasteiger partial charge in [0.15, 0.2) is 5.70 Å². The third-order valence-electron chi connectivity index (χ3n) is 4.48. The zero-order valence-electron chi connectivity index (χ0n) is 16.5. The molecule has 7 nitrogen and oxygen atoms in total. The molecule has 0 saturated carbocycles. The Labute approximate surface area is 166 Å². The highest BCUT2D eigenvalue weighted by Gasteiger charge is 2.57. The summed E-state index contributed by atoms with van der Waals surface area (Å²) in [6, 6.07) is 5.85. The van der Waals surface area contributed by atoms with E-state index in [4.69, 9.17) is 14.9 Å². The predicted molar refractivity (Wildman–Crippen MR) is 99.8 cm³/mol. The second kappa shape index (κ2) is 9.31. The molecule has 2 rings (SSSR count). The first-order valence-electron chi connectivity index (χ1n) is 8.76. The first-order chi connectivity index (χ1) is 13.8. The molecular weight excluding hydrogens is 386 g/mol. The van der Waals surface area contributed by atoms with E-state index in [1.807, 2.05) is 0 Å². The lowest BCUT2D eigenvalue weighted by Crippen LogP contribution is -2.77. The highest BCUT2D eigenvalue weighted by Crippen LogP contribution is 2.42. The molecule has 29 heavy (non-hydrogen) atoms. The Morgan fingerprint density at radius 3 is 2.45 bits per heavy atom. The molecule has 0 aliphatic carbocycles. The summed E-state index contributed by atoms with van der Waals surface area (Å²) in [5, 5.41) is 8.24. The van der Waals surface area contributed by atoms with E-state index in [1.54, 1.807) is 19.9 Å². The van der Waals surface area contributed by atoms with E-state index in [0.717, 1.165) is 7.11 Å². The number of hydrogen-bond donors (Lipinski definition) is 2. The second-order valence-electron chi connectivity index (χ2n) is 6.12. The van der Waals surface area contributed by atoms with E-state index in [0.29, 0.717) is 5.70 Å². The molecule has 0 spiro atoms. The van der Waals surface area contributed by atoms with Gasteiger partial charge in [0.2, 0.25) is 5.71 Å². The van der Waals surface area contributed by atoms with Gasteiger partial charge in [0.1, 0.15) is 17.2 Å². The zero-order chi connectivity index (χ0) is 21.7. The molecule has 1 heterocycles. The van der Waals surface area contributed by atoms with Crippen LogP contribution in [0, 0.1) is 11.3 Å². The van der Waals surface area contributed by atoms with Gasteiger partial charge in [-0.3, -0.25) is 0 Å². The topological polar surface area (TPSA) is 99.7 Å². The number of rotatable bonds is 7. The summed E-state index contributed by atoms with van der Waals surface area (Å²) in [4.78, 5) is 28.2. The Balaban J connectivity index is 2.82. The molecule has 0 fully saturated rings. The van der Waals surface area contributed by atoms with Crippen molar-refractivity contribution >= 4 is 23.4 Å². The highest BCUT2D eigenvalue weighted by atomic mass is 19.3. The van der Waals surface area contributed by atoms with Crippen molar-refractivity contribution in [3.63, 3.8) is 0 Å². The summed E-state index contributed by atoms with van der Waals surface area (Å²) in [6.45, 7) is 0.194. The van der Waals surface area contributed by atoms with Gasteiger partial charge in [0.05, 0.1) is 20.6 Å². The summed E-state index contributed by atoms with van der Waals surface area (Å²) >= 11 is 0. The number of ether oxygens (including phenoxy) is 3. The lowest BCUT2D eigenvalue weighted by atomic mass is 9.73. The van der Waals surface area contributed by atoms with E-state index >= 15 is 0 Å². The number of allylic oxidation sites excluding steroid dienone is 1. The van der Waals surface area contributed by atoms with Crippen LogP contribution < -0.4 is 9.73 Å². The summed E-state index contributed by atoms with van der Waals surface area (Å²) in [7, 11) is 2.33. The number of methoxy groups -OCH3 is 2. The molecule has 1 aliphatic rings. The highest BCUT2D eigenvalue weighted by molar-refractivity contribution is 6.49. The van der Waals surface area contributed by atoms with Crippen LogP contribution in [0.1, 0.15) is 31.7 Å². The smallest absolute Gasteiger partial charge is 0.427 e. The van der Waals surface area contributed by atoms with Gasteiger partial charge in [-0.15, -0.1) is 0 Å². The van der Waals surface area contributed by atoms with E-state index in [2.05, 4.69) is 9.73 Å². The Morgan fingerprint density at radius 2 is 1.90 bits per heavy atom. The molecule has 1 unspecified atom stereocenters. The van der Waals surface area contributed by atoms with Gasteiger partial charge in [-0.2, -0.15) is 13.8 Å². The standard InChI is InChI=1S/C20H21F2N2O5/c1-5-12(23)17-16(19(26)28-4)15(14(10(2)24-17)18(25)27-3)11-8-6-7-9-13(11)29-20(21)22/h6-9,15,20,23H,5H2,1-4H3/q+1/p+1. The molecule has 0 aromatic heterocycles. The van der Waals surface area contributed by atoms with Crippen molar-refractivity contribution in [1.82, 2.24) is 0 Å². The van der Waals surface area contributed by atoms with Crippen molar-refractivity contribution in [2.45, 2.75) is 32.8 Å². The van der Waals surface area contributed by atoms with Crippen LogP contribution in [0.25, 0.3) is 0 Å². The molecule has 9 heteroatoms. The van der Waals surface area contributed by atoms with Gasteiger partial charge in [0.25, 0.3) is 5.92 Å². The van der Waals surface area contributed by atoms with Gasteiger partial charge in [0, 0.05) is 12.5 Å². The molecule has 154 valence electrons. The molecule has 1 atom stereocenters. The van der Waals surface area contributed by atoms with E-state index in [-0.39, 0.29) is 40.6 Å². The number of esters is 2. The number of benzene rings is 1. The predicted octanol–water partition coefficient (Wildman–Crippen LogP) is 1.53. The molecule has 1 aromatic rings. The van der Waals surface area contributed by atoms with Crippen molar-refractivity contribution in [3.8, 4) is 5.75 Å². The van der Waals surface area contributed by atoms with Crippen LogP contribution in [-0.4, -0.2) is 44.2 Å². The summed E-state index contributed by atoms with van der Waals surface area (Å²) in [6.07, 6.45) is 0.283. The normalized spacial score (nSPS) is 16.4. The van der Waals surface area contributed by atoms with Crippen LogP contribution in [-0.2, 0) is 19.1 Å². The van der Waals surface area contributed by atoms with E-state index in [1.165, 1.54) is 25.3 Å². The quantitative estimate of drug-likeness (QED) is 0.405. The summed E-state index contributed by atoms with van der Waals surface area (Å²) in [5.74, 6) is -2.96. The largest absolute Gasteiger partial charge is 0.465 e. The van der Waals surface area contributed by atoms with Crippen molar-refractivity contribution in [2.24, 2.45) is 0 Å². The summed E-state index contributed by atoms with van der Waals surface area (Å²) < 4.78 is 40.3. The Hall–Kier alpha value is -3.23. The molecule has 0 amide bonds. The molecular formula is C20H22F2N2O5+2. The maximum Gasteiger partial charge on any atom is 0.427 e. The van der Waals surface area contributed by atoms with Crippen molar-refractivity contribution < 1.29 is 37.6 Å². The fraction of sp³-hybridized carbons (Fsp3) is 0.350. The molecule has 0 radical (unpaired) electrons. The lowest BCUT2D eigenvalue weighted by molar-refractivity contribution is -0.398. The van der Waals surface area contributed by atoms with Crippen molar-refractivity contribution in [2.75, 3.05) is 14.2 Å². The van der Waals surface area contributed by atoms with Crippen molar-refractivity contribution in [1.29, 1.82) is 5.41 Å². The van der Waals surface area contributed by atoms with Crippen LogP contribution >= 0.6 is 0 Å². The number of hydrogen-bond acceptors (Lipinski definition) is 6. The number of nitrogens with one attached hydrogen (secondary N) is 2. The van der Waals surface area contributed by atoms with Gasteiger partial charge in [-0.25, -0.2) is 15.0 Å². The van der Waals surface area contributed by atoms with E-state index < -0.39 is 24.5 Å². The average molecular weight is 408 g/mol. The second-order valence-corrected chi connectivity index (χ2v) is 6.12. The number of alkyl halides is 2. The minimum absolute atomic E-state index is 0.0332. The van der Waals surface area contributed by atoms with Crippen LogP contribution in [0.15, 0.2) is 35.5 Å². The lowest BCUT2D eigenvalue weighted by Gasteiger charge is -2.23. The molecule has 1 aromatic carbocycles. The van der Waals surface area contributed by atoms with Gasteiger partial charge in [-0.05, 0) is 13.0 Å². The molecule has 0 bridgehead atoms. The fourth-order valence-electron chi connectivity index (χ4n) is 3.19. The van der Waals surface area contributed by atoms with Crippen LogP contribution in [0.5, 0.6) is 5.75 Å². The summed E-state index contributed by atoms with van der Waals surface area (Å²) in [5.41, 5.74) is 0.753. The Bertz CT molecular complexity index is 879. The van der Waals surface area contributed by atoms with Gasteiger partial charge in [-0.1, -0.05) is 18.2 Å². The van der Waals surface area contributed by atoms with Crippen molar-refractivity contribution in [3.05, 3.63) is 47.0 Å². The number of carbonyl (C=O) groups is 2. The SMILES string of the molecule is CCC(=N)C1=[NH+]C(C)=C(C(=O)OC)C(c2ccccc2OC(F)F)[C+]1C(=O)OC. The maximum atomic E-state index is 13.0. The minimum Gasteiger partial charge on any atom is -0.465 e. The van der Waals surface area contributed by atoms with Crippen LogP contribution in [0.4, 0.5) is 8.78 Å². The number of para-hydroxylation sites is 1. The fourth-order valence-corrected chi connectivity index (χ4v) is 3.19.